The predicted octanol–water partition coefficient (Wildman–Crippen LogP) is 2.08. The summed E-state index contributed by atoms with van der Waals surface area (Å²) in [5.74, 6) is -3.03. The van der Waals surface area contributed by atoms with E-state index in [1.807, 2.05) is 0 Å². The molecule has 0 aromatic heterocycles. The molecule has 0 radical (unpaired) electrons. The SMILES string of the molecule is CC(C)(C(=O)O)S(=O)Cc1ccc(F)cc1F. The summed E-state index contributed by atoms with van der Waals surface area (Å²) in [7, 11) is -1.79. The van der Waals surface area contributed by atoms with Crippen LogP contribution in [-0.4, -0.2) is 20.0 Å². The van der Waals surface area contributed by atoms with E-state index in [2.05, 4.69) is 0 Å². The monoisotopic (exact) mass is 262 g/mol. The highest BCUT2D eigenvalue weighted by molar-refractivity contribution is 7.86. The van der Waals surface area contributed by atoms with E-state index in [4.69, 9.17) is 5.11 Å². The summed E-state index contributed by atoms with van der Waals surface area (Å²) in [6, 6.07) is 2.89. The standard InChI is InChI=1S/C11H12F2O3S/c1-11(2,10(14)15)17(16)6-7-3-4-8(12)5-9(7)13/h3-5H,6H2,1-2H3,(H,14,15). The third-order valence-electron chi connectivity index (χ3n) is 2.39. The van der Waals surface area contributed by atoms with E-state index in [0.29, 0.717) is 6.07 Å². The number of hydrogen-bond acceptors (Lipinski definition) is 2. The minimum absolute atomic E-state index is 0.0408. The Kier molecular flexibility index (Phi) is 3.98. The quantitative estimate of drug-likeness (QED) is 0.903. The predicted molar refractivity (Wildman–Crippen MR) is 59.9 cm³/mol. The molecule has 1 aromatic rings. The number of carboxylic acid groups (broad SMARTS) is 1. The number of benzene rings is 1. The lowest BCUT2D eigenvalue weighted by atomic mass is 10.2. The second-order valence-electron chi connectivity index (χ2n) is 4.04. The second-order valence-corrected chi connectivity index (χ2v) is 6.04. The van der Waals surface area contributed by atoms with Crippen LogP contribution in [0.2, 0.25) is 0 Å². The number of halogens is 2. The minimum atomic E-state index is -1.79. The van der Waals surface area contributed by atoms with Crippen LogP contribution in [0.3, 0.4) is 0 Å². The summed E-state index contributed by atoms with van der Waals surface area (Å²) in [4.78, 5) is 10.8. The van der Waals surface area contributed by atoms with Gasteiger partial charge in [-0.3, -0.25) is 9.00 Å². The lowest BCUT2D eigenvalue weighted by molar-refractivity contribution is -0.139. The van der Waals surface area contributed by atoms with Gasteiger partial charge in [-0.1, -0.05) is 6.07 Å². The van der Waals surface area contributed by atoms with Gasteiger partial charge in [0.05, 0.1) is 5.75 Å². The topological polar surface area (TPSA) is 54.4 Å². The smallest absolute Gasteiger partial charge is 0.321 e. The van der Waals surface area contributed by atoms with Crippen molar-refractivity contribution in [1.82, 2.24) is 0 Å². The molecule has 0 spiro atoms. The fraction of sp³-hybridized carbons (Fsp3) is 0.364. The van der Waals surface area contributed by atoms with Crippen LogP contribution in [0.1, 0.15) is 19.4 Å². The third-order valence-corrected chi connectivity index (χ3v) is 4.27. The van der Waals surface area contributed by atoms with E-state index < -0.39 is 33.2 Å². The summed E-state index contributed by atoms with van der Waals surface area (Å²) in [5, 5.41) is 8.86. The number of carbonyl (C=O) groups is 1. The van der Waals surface area contributed by atoms with Gasteiger partial charge < -0.3 is 5.11 Å². The van der Waals surface area contributed by atoms with Gasteiger partial charge in [0.15, 0.2) is 0 Å². The molecule has 6 heteroatoms. The lowest BCUT2D eigenvalue weighted by Crippen LogP contribution is -2.37. The summed E-state index contributed by atoms with van der Waals surface area (Å²) in [6.45, 7) is 2.60. The van der Waals surface area contributed by atoms with E-state index in [-0.39, 0.29) is 11.3 Å². The van der Waals surface area contributed by atoms with E-state index in [9.17, 15) is 17.8 Å². The fourth-order valence-electron chi connectivity index (χ4n) is 1.06. The fourth-order valence-corrected chi connectivity index (χ4v) is 2.13. The molecule has 0 fully saturated rings. The maximum Gasteiger partial charge on any atom is 0.321 e. The molecule has 0 bridgehead atoms. The van der Waals surface area contributed by atoms with Crippen LogP contribution in [0, 0.1) is 11.6 Å². The van der Waals surface area contributed by atoms with Gasteiger partial charge in [0.2, 0.25) is 0 Å². The van der Waals surface area contributed by atoms with Crippen molar-refractivity contribution >= 4 is 16.8 Å². The van der Waals surface area contributed by atoms with Gasteiger partial charge in [0.1, 0.15) is 16.4 Å². The first-order chi connectivity index (χ1) is 7.75. The Labute approximate surface area is 99.9 Å². The second kappa shape index (κ2) is 4.91. The molecule has 0 amide bonds. The highest BCUT2D eigenvalue weighted by atomic mass is 32.2. The Hall–Kier alpha value is -1.30. The molecule has 0 aliphatic heterocycles. The minimum Gasteiger partial charge on any atom is -0.480 e. The Morgan fingerprint density at radius 1 is 1.41 bits per heavy atom. The molecule has 1 N–H and O–H groups in total. The molecule has 1 rings (SSSR count). The zero-order valence-electron chi connectivity index (χ0n) is 9.37. The number of rotatable bonds is 4. The third kappa shape index (κ3) is 3.09. The zero-order valence-corrected chi connectivity index (χ0v) is 10.2. The average molecular weight is 262 g/mol. The molecule has 1 atom stereocenters. The van der Waals surface area contributed by atoms with Gasteiger partial charge >= 0.3 is 5.97 Å². The molecule has 0 saturated carbocycles. The van der Waals surface area contributed by atoms with Crippen LogP contribution in [-0.2, 0) is 21.3 Å². The molecule has 94 valence electrons. The Balaban J connectivity index is 2.92. The first kappa shape index (κ1) is 13.8. The van der Waals surface area contributed by atoms with Crippen molar-refractivity contribution < 1.29 is 22.9 Å². The van der Waals surface area contributed by atoms with Crippen LogP contribution >= 0.6 is 0 Å². The molecule has 1 aromatic carbocycles. The van der Waals surface area contributed by atoms with Gasteiger partial charge in [-0.15, -0.1) is 0 Å². The number of hydrogen-bond donors (Lipinski definition) is 1. The van der Waals surface area contributed by atoms with E-state index in [0.717, 1.165) is 6.07 Å². The van der Waals surface area contributed by atoms with Crippen LogP contribution in [0.25, 0.3) is 0 Å². The molecule has 0 saturated heterocycles. The van der Waals surface area contributed by atoms with Crippen molar-refractivity contribution in [3.8, 4) is 0 Å². The maximum atomic E-state index is 13.3. The van der Waals surface area contributed by atoms with Gasteiger partial charge in [-0.05, 0) is 19.9 Å². The summed E-state index contributed by atoms with van der Waals surface area (Å²) in [5.41, 5.74) is 0.0408. The number of carboxylic acids is 1. The van der Waals surface area contributed by atoms with Crippen molar-refractivity contribution in [1.29, 1.82) is 0 Å². The molecule has 0 aliphatic rings. The normalized spacial score (nSPS) is 13.4. The van der Waals surface area contributed by atoms with Gasteiger partial charge in [0, 0.05) is 22.4 Å². The van der Waals surface area contributed by atoms with Crippen LogP contribution in [0.15, 0.2) is 18.2 Å². The average Bonchev–Trinajstić information content (AvgIpc) is 2.21. The Morgan fingerprint density at radius 2 is 2.00 bits per heavy atom. The maximum absolute atomic E-state index is 13.3. The van der Waals surface area contributed by atoms with Crippen molar-refractivity contribution in [2.75, 3.05) is 0 Å². The van der Waals surface area contributed by atoms with Crippen molar-refractivity contribution in [2.24, 2.45) is 0 Å². The van der Waals surface area contributed by atoms with Crippen LogP contribution in [0.4, 0.5) is 8.78 Å². The molecular weight excluding hydrogens is 250 g/mol. The molecule has 17 heavy (non-hydrogen) atoms. The van der Waals surface area contributed by atoms with Gasteiger partial charge in [-0.2, -0.15) is 0 Å². The van der Waals surface area contributed by atoms with Crippen LogP contribution in [0.5, 0.6) is 0 Å². The first-order valence-electron chi connectivity index (χ1n) is 4.81. The highest BCUT2D eigenvalue weighted by Crippen LogP contribution is 2.19. The molecule has 0 heterocycles. The summed E-state index contributed by atoms with van der Waals surface area (Å²) >= 11 is 0. The molecule has 3 nitrogen and oxygen atoms in total. The summed E-state index contributed by atoms with van der Waals surface area (Å²) in [6.07, 6.45) is 0. The molecule has 0 aliphatic carbocycles. The highest BCUT2D eigenvalue weighted by Gasteiger charge is 2.34. The number of aliphatic carboxylic acids is 1. The van der Waals surface area contributed by atoms with Crippen molar-refractivity contribution in [2.45, 2.75) is 24.3 Å². The van der Waals surface area contributed by atoms with E-state index in [1.54, 1.807) is 0 Å². The first-order valence-corrected chi connectivity index (χ1v) is 6.13. The van der Waals surface area contributed by atoms with Crippen LogP contribution < -0.4 is 0 Å². The molecular formula is C11H12F2O3S. The van der Waals surface area contributed by atoms with E-state index >= 15 is 0 Å². The zero-order chi connectivity index (χ0) is 13.2. The van der Waals surface area contributed by atoms with E-state index in [1.165, 1.54) is 19.9 Å². The Morgan fingerprint density at radius 3 is 2.47 bits per heavy atom. The van der Waals surface area contributed by atoms with Crippen molar-refractivity contribution in [3.63, 3.8) is 0 Å². The van der Waals surface area contributed by atoms with Crippen molar-refractivity contribution in [3.05, 3.63) is 35.4 Å². The lowest BCUT2D eigenvalue weighted by Gasteiger charge is -2.18. The van der Waals surface area contributed by atoms with Gasteiger partial charge in [-0.25, -0.2) is 8.78 Å². The van der Waals surface area contributed by atoms with Gasteiger partial charge in [0.25, 0.3) is 0 Å². The Bertz CT molecular complexity index is 472. The summed E-state index contributed by atoms with van der Waals surface area (Å²) < 4.78 is 36.2. The molecule has 1 unspecified atom stereocenters. The largest absolute Gasteiger partial charge is 0.480 e.